The zero-order valence-electron chi connectivity index (χ0n) is 11.0. The summed E-state index contributed by atoms with van der Waals surface area (Å²) >= 11 is 0. The summed E-state index contributed by atoms with van der Waals surface area (Å²) < 4.78 is 5.39. The molecule has 0 aliphatic rings. The number of aromatic carboxylic acids is 1. The van der Waals surface area contributed by atoms with Crippen molar-refractivity contribution in [3.8, 4) is 11.6 Å². The highest BCUT2D eigenvalue weighted by Gasteiger charge is 2.17. The van der Waals surface area contributed by atoms with Crippen LogP contribution in [0.1, 0.15) is 36.8 Å². The number of benzene rings is 1. The maximum Gasteiger partial charge on any atom is 0.359 e. The molecule has 2 rings (SSSR count). The first-order valence-electron chi connectivity index (χ1n) is 5.80. The van der Waals surface area contributed by atoms with Gasteiger partial charge in [-0.2, -0.15) is 0 Å². The van der Waals surface area contributed by atoms with Crippen LogP contribution in [0.3, 0.4) is 0 Å². The molecule has 6 heteroatoms. The molecule has 6 nitrogen and oxygen atoms in total. The summed E-state index contributed by atoms with van der Waals surface area (Å²) in [5.74, 6) is -0.688. The van der Waals surface area contributed by atoms with Crippen molar-refractivity contribution < 1.29 is 14.6 Å². The molecule has 0 aliphatic carbocycles. The van der Waals surface area contributed by atoms with Crippen molar-refractivity contribution in [1.29, 1.82) is 0 Å². The van der Waals surface area contributed by atoms with Gasteiger partial charge in [-0.15, -0.1) is 0 Å². The van der Waals surface area contributed by atoms with Crippen molar-refractivity contribution in [2.45, 2.75) is 26.2 Å². The largest absolute Gasteiger partial charge is 0.476 e. The van der Waals surface area contributed by atoms with Gasteiger partial charge in [-0.05, 0) is 23.1 Å². The molecule has 0 unspecified atom stereocenters. The zero-order valence-corrected chi connectivity index (χ0v) is 11.0. The Balaban J connectivity index is 2.20. The van der Waals surface area contributed by atoms with Crippen LogP contribution in [0.4, 0.5) is 0 Å². The highest BCUT2D eigenvalue weighted by Crippen LogP contribution is 2.26. The average molecular weight is 261 g/mol. The molecule has 100 valence electrons. The second-order valence-corrected chi connectivity index (χ2v) is 5.17. The summed E-state index contributed by atoms with van der Waals surface area (Å²) in [6.45, 7) is 6.34. The number of hydrogen-bond donors (Lipinski definition) is 2. The molecule has 0 amide bonds. The van der Waals surface area contributed by atoms with Crippen molar-refractivity contribution in [3.63, 3.8) is 0 Å². The quantitative estimate of drug-likeness (QED) is 0.886. The van der Waals surface area contributed by atoms with Gasteiger partial charge in [0.1, 0.15) is 5.75 Å². The third-order valence-corrected chi connectivity index (χ3v) is 2.67. The first kappa shape index (κ1) is 13.1. The van der Waals surface area contributed by atoms with Gasteiger partial charge in [0, 0.05) is 0 Å². The Morgan fingerprint density at radius 3 is 2.42 bits per heavy atom. The van der Waals surface area contributed by atoms with Crippen molar-refractivity contribution >= 4 is 5.97 Å². The van der Waals surface area contributed by atoms with Crippen molar-refractivity contribution in [2.24, 2.45) is 0 Å². The van der Waals surface area contributed by atoms with Gasteiger partial charge >= 0.3 is 5.97 Å². The van der Waals surface area contributed by atoms with Crippen LogP contribution < -0.4 is 4.74 Å². The van der Waals surface area contributed by atoms with Crippen LogP contribution in [-0.4, -0.2) is 26.5 Å². The fraction of sp³-hybridized carbons (Fsp3) is 0.308. The normalized spacial score (nSPS) is 11.3. The Labute approximate surface area is 110 Å². The fourth-order valence-electron chi connectivity index (χ4n) is 1.56. The molecule has 2 N–H and O–H groups in total. The maximum absolute atomic E-state index is 10.9. The summed E-state index contributed by atoms with van der Waals surface area (Å²) in [5.41, 5.74) is 1.05. The van der Waals surface area contributed by atoms with Gasteiger partial charge in [0.25, 0.3) is 5.88 Å². The Morgan fingerprint density at radius 2 is 1.89 bits per heavy atom. The number of carboxylic acids is 1. The van der Waals surface area contributed by atoms with Crippen molar-refractivity contribution in [2.75, 3.05) is 0 Å². The zero-order chi connectivity index (χ0) is 14.0. The van der Waals surface area contributed by atoms with Crippen LogP contribution in [0.2, 0.25) is 0 Å². The number of aromatic nitrogens is 3. The lowest BCUT2D eigenvalue weighted by Gasteiger charge is -2.18. The monoisotopic (exact) mass is 261 g/mol. The van der Waals surface area contributed by atoms with Gasteiger partial charge in [-0.25, -0.2) is 9.89 Å². The van der Waals surface area contributed by atoms with E-state index in [1.54, 1.807) is 12.1 Å². The molecule has 0 aliphatic heterocycles. The highest BCUT2D eigenvalue weighted by molar-refractivity contribution is 5.87. The number of rotatable bonds is 3. The predicted octanol–water partition coefficient (Wildman–Crippen LogP) is 2.59. The predicted molar refractivity (Wildman–Crippen MR) is 68.6 cm³/mol. The van der Waals surface area contributed by atoms with E-state index in [-0.39, 0.29) is 17.0 Å². The van der Waals surface area contributed by atoms with E-state index in [4.69, 9.17) is 9.84 Å². The third kappa shape index (κ3) is 2.90. The molecule has 0 saturated carbocycles. The van der Waals surface area contributed by atoms with Gasteiger partial charge in [-0.3, -0.25) is 0 Å². The molecule has 1 aromatic heterocycles. The number of ether oxygens (including phenoxy) is 1. The topological polar surface area (TPSA) is 88.1 Å². The minimum absolute atomic E-state index is 0.0454. The summed E-state index contributed by atoms with van der Waals surface area (Å²) in [4.78, 5) is 10.9. The standard InChI is InChI=1S/C13H15N3O3/c1-13(2,3)8-4-6-9(7-5-8)19-11-10(12(17)18)14-16-15-11/h4-7H,1-3H3,(H,17,18)(H,14,15,16). The first-order valence-corrected chi connectivity index (χ1v) is 5.80. The molecule has 2 aromatic rings. The lowest BCUT2D eigenvalue weighted by molar-refractivity contribution is 0.0687. The number of hydrogen-bond acceptors (Lipinski definition) is 4. The van der Waals surface area contributed by atoms with Crippen LogP contribution in [0, 0.1) is 0 Å². The smallest absolute Gasteiger partial charge is 0.359 e. The van der Waals surface area contributed by atoms with E-state index in [9.17, 15) is 4.79 Å². The van der Waals surface area contributed by atoms with Gasteiger partial charge in [0.15, 0.2) is 0 Å². The molecule has 0 fully saturated rings. The van der Waals surface area contributed by atoms with Crippen molar-refractivity contribution in [3.05, 3.63) is 35.5 Å². The van der Waals surface area contributed by atoms with E-state index < -0.39 is 5.97 Å². The van der Waals surface area contributed by atoms with E-state index in [0.29, 0.717) is 5.75 Å². The van der Waals surface area contributed by atoms with E-state index in [2.05, 4.69) is 36.2 Å². The average Bonchev–Trinajstić information content (AvgIpc) is 2.77. The van der Waals surface area contributed by atoms with Crippen LogP contribution in [0.5, 0.6) is 11.6 Å². The minimum Gasteiger partial charge on any atom is -0.476 e. The molecular weight excluding hydrogens is 246 g/mol. The minimum atomic E-state index is -1.16. The number of nitrogens with zero attached hydrogens (tertiary/aromatic N) is 2. The molecule has 0 radical (unpaired) electrons. The lowest BCUT2D eigenvalue weighted by atomic mass is 9.87. The second-order valence-electron chi connectivity index (χ2n) is 5.17. The number of nitrogens with one attached hydrogen (secondary N) is 1. The lowest BCUT2D eigenvalue weighted by Crippen LogP contribution is -2.10. The van der Waals surface area contributed by atoms with Gasteiger partial charge in [0.05, 0.1) is 0 Å². The molecule has 0 spiro atoms. The van der Waals surface area contributed by atoms with Gasteiger partial charge in [0.2, 0.25) is 5.69 Å². The Kier molecular flexibility index (Phi) is 3.25. The number of H-pyrrole nitrogens is 1. The SMILES string of the molecule is CC(C)(C)c1ccc(Oc2nn[nH]c2C(=O)O)cc1. The van der Waals surface area contributed by atoms with E-state index in [0.717, 1.165) is 0 Å². The molecule has 1 heterocycles. The molecular formula is C13H15N3O3. The van der Waals surface area contributed by atoms with Gasteiger partial charge in [-0.1, -0.05) is 43.2 Å². The van der Waals surface area contributed by atoms with Crippen molar-refractivity contribution in [1.82, 2.24) is 15.4 Å². The summed E-state index contributed by atoms with van der Waals surface area (Å²) in [7, 11) is 0. The van der Waals surface area contributed by atoms with Gasteiger partial charge < -0.3 is 9.84 Å². The van der Waals surface area contributed by atoms with Crippen LogP contribution in [0.15, 0.2) is 24.3 Å². The summed E-state index contributed by atoms with van der Waals surface area (Å²) in [6.07, 6.45) is 0. The highest BCUT2D eigenvalue weighted by atomic mass is 16.5. The number of carboxylic acid groups (broad SMARTS) is 1. The number of aromatic amines is 1. The van der Waals surface area contributed by atoms with Crippen LogP contribution in [-0.2, 0) is 5.41 Å². The van der Waals surface area contributed by atoms with E-state index >= 15 is 0 Å². The van der Waals surface area contributed by atoms with Crippen LogP contribution >= 0.6 is 0 Å². The molecule has 0 bridgehead atoms. The van der Waals surface area contributed by atoms with E-state index in [1.165, 1.54) is 5.56 Å². The molecule has 0 atom stereocenters. The fourth-order valence-corrected chi connectivity index (χ4v) is 1.56. The second kappa shape index (κ2) is 4.72. The Morgan fingerprint density at radius 1 is 1.26 bits per heavy atom. The molecule has 19 heavy (non-hydrogen) atoms. The summed E-state index contributed by atoms with van der Waals surface area (Å²) in [5, 5.41) is 18.2. The van der Waals surface area contributed by atoms with E-state index in [1.807, 2.05) is 12.1 Å². The maximum atomic E-state index is 10.9. The Hall–Kier alpha value is -2.37. The van der Waals surface area contributed by atoms with Crippen LogP contribution in [0.25, 0.3) is 0 Å². The number of carbonyl (C=O) groups is 1. The Bertz CT molecular complexity index is 582. The summed E-state index contributed by atoms with van der Waals surface area (Å²) in [6, 6.07) is 7.44. The third-order valence-electron chi connectivity index (χ3n) is 2.67. The first-order chi connectivity index (χ1) is 8.88. The molecule has 0 saturated heterocycles. The molecule has 1 aromatic carbocycles.